The molecule has 0 spiro atoms. The van der Waals surface area contributed by atoms with Crippen molar-refractivity contribution in [3.63, 3.8) is 0 Å². The number of urea groups is 1. The fraction of sp³-hybridized carbons (Fsp3) is 0.471. The second-order valence-electron chi connectivity index (χ2n) is 5.89. The first kappa shape index (κ1) is 16.8. The van der Waals surface area contributed by atoms with E-state index in [4.69, 9.17) is 0 Å². The van der Waals surface area contributed by atoms with Gasteiger partial charge < -0.3 is 15.2 Å². The van der Waals surface area contributed by atoms with E-state index in [9.17, 15) is 4.79 Å². The van der Waals surface area contributed by atoms with Crippen LogP contribution in [-0.4, -0.2) is 33.1 Å². The van der Waals surface area contributed by atoms with Crippen LogP contribution in [0.15, 0.2) is 30.3 Å². The number of aromatic nitrogens is 3. The van der Waals surface area contributed by atoms with Gasteiger partial charge in [-0.2, -0.15) is 11.8 Å². The number of nitrogens with zero attached hydrogens (tertiary/aromatic N) is 3. The van der Waals surface area contributed by atoms with Gasteiger partial charge in [0.05, 0.1) is 6.04 Å². The Labute approximate surface area is 146 Å². The lowest BCUT2D eigenvalue weighted by Gasteiger charge is -2.24. The van der Waals surface area contributed by atoms with E-state index in [0.29, 0.717) is 6.54 Å². The summed E-state index contributed by atoms with van der Waals surface area (Å²) < 4.78 is 2.09. The zero-order valence-corrected chi connectivity index (χ0v) is 14.7. The third-order valence-corrected chi connectivity index (χ3v) is 5.13. The molecule has 1 aliphatic rings. The number of benzene rings is 1. The summed E-state index contributed by atoms with van der Waals surface area (Å²) in [6.07, 6.45) is 1.94. The van der Waals surface area contributed by atoms with Gasteiger partial charge in [-0.15, -0.1) is 10.2 Å². The van der Waals surface area contributed by atoms with E-state index in [2.05, 4.69) is 37.5 Å². The Morgan fingerprint density at radius 3 is 3.00 bits per heavy atom. The van der Waals surface area contributed by atoms with Crippen molar-refractivity contribution in [3.05, 3.63) is 47.5 Å². The summed E-state index contributed by atoms with van der Waals surface area (Å²) in [5, 5.41) is 14.2. The van der Waals surface area contributed by atoms with Crippen LogP contribution in [0.5, 0.6) is 0 Å². The molecule has 7 heteroatoms. The molecule has 2 N–H and O–H groups in total. The Morgan fingerprint density at radius 2 is 2.17 bits per heavy atom. The molecule has 1 aromatic heterocycles. The van der Waals surface area contributed by atoms with Crippen LogP contribution in [-0.2, 0) is 12.3 Å². The van der Waals surface area contributed by atoms with Gasteiger partial charge >= 0.3 is 6.03 Å². The third kappa shape index (κ3) is 4.29. The van der Waals surface area contributed by atoms with Gasteiger partial charge in [0.1, 0.15) is 5.82 Å². The number of nitrogens with one attached hydrogen (secondary N) is 2. The first-order valence-electron chi connectivity index (χ1n) is 8.30. The number of amides is 2. The quantitative estimate of drug-likeness (QED) is 0.790. The molecule has 128 valence electrons. The highest BCUT2D eigenvalue weighted by molar-refractivity contribution is 7.98. The summed E-state index contributed by atoms with van der Waals surface area (Å²) in [5.74, 6) is 3.64. The Morgan fingerprint density at radius 1 is 1.33 bits per heavy atom. The van der Waals surface area contributed by atoms with Gasteiger partial charge in [0.25, 0.3) is 0 Å². The number of carbonyl (C=O) groups excluding carboxylic acids is 1. The number of hydrogen-bond acceptors (Lipinski definition) is 4. The molecule has 1 aliphatic heterocycles. The molecule has 0 saturated carbocycles. The maximum atomic E-state index is 12.1. The molecule has 24 heavy (non-hydrogen) atoms. The average Bonchev–Trinajstić information content (AvgIpc) is 2.98. The number of thioether (sulfide) groups is 1. The van der Waals surface area contributed by atoms with Crippen molar-refractivity contribution in [2.24, 2.45) is 0 Å². The molecule has 0 fully saturated rings. The minimum atomic E-state index is -0.130. The number of fused-ring (bicyclic) bond motifs is 1. The molecule has 1 aromatic carbocycles. The highest BCUT2D eigenvalue weighted by Crippen LogP contribution is 2.23. The summed E-state index contributed by atoms with van der Waals surface area (Å²) in [4.78, 5) is 12.1. The van der Waals surface area contributed by atoms with Crippen LogP contribution in [0.1, 0.15) is 36.1 Å². The van der Waals surface area contributed by atoms with Crippen molar-refractivity contribution in [1.82, 2.24) is 25.4 Å². The summed E-state index contributed by atoms with van der Waals surface area (Å²) in [6.45, 7) is 3.54. The third-order valence-electron chi connectivity index (χ3n) is 4.10. The van der Waals surface area contributed by atoms with Gasteiger partial charge in [0.15, 0.2) is 5.82 Å². The van der Waals surface area contributed by atoms with Crippen LogP contribution in [0.4, 0.5) is 4.79 Å². The molecule has 1 atom stereocenters. The first-order valence-corrected chi connectivity index (χ1v) is 9.45. The zero-order chi connectivity index (χ0) is 16.8. The minimum absolute atomic E-state index is 0.0445. The Hall–Kier alpha value is -2.02. The molecule has 0 bridgehead atoms. The maximum absolute atomic E-state index is 12.1. The molecule has 0 radical (unpaired) electrons. The smallest absolute Gasteiger partial charge is 0.315 e. The van der Waals surface area contributed by atoms with Gasteiger partial charge in [0, 0.05) is 24.6 Å². The van der Waals surface area contributed by atoms with Crippen LogP contribution >= 0.6 is 11.8 Å². The predicted molar refractivity (Wildman–Crippen MR) is 95.9 cm³/mol. The van der Waals surface area contributed by atoms with E-state index < -0.39 is 0 Å². The van der Waals surface area contributed by atoms with E-state index in [1.165, 1.54) is 5.56 Å². The highest BCUT2D eigenvalue weighted by atomic mass is 32.2. The van der Waals surface area contributed by atoms with Crippen LogP contribution in [0, 0.1) is 6.92 Å². The summed E-state index contributed by atoms with van der Waals surface area (Å²) >= 11 is 1.82. The fourth-order valence-electron chi connectivity index (χ4n) is 2.86. The number of aryl methyl sites for hydroxylation is 1. The number of hydrogen-bond donors (Lipinski definition) is 2. The molecule has 2 aromatic rings. The summed E-state index contributed by atoms with van der Waals surface area (Å²) in [7, 11) is 0. The van der Waals surface area contributed by atoms with Crippen molar-refractivity contribution in [3.8, 4) is 0 Å². The lowest BCUT2D eigenvalue weighted by Crippen LogP contribution is -2.41. The van der Waals surface area contributed by atoms with Crippen molar-refractivity contribution in [1.29, 1.82) is 0 Å². The molecule has 3 rings (SSSR count). The zero-order valence-electron chi connectivity index (χ0n) is 13.9. The molecule has 0 unspecified atom stereocenters. The molecule has 0 saturated heterocycles. The first-order chi connectivity index (χ1) is 11.7. The average molecular weight is 345 g/mol. The minimum Gasteiger partial charge on any atom is -0.337 e. The summed E-state index contributed by atoms with van der Waals surface area (Å²) in [5.41, 5.74) is 1.31. The number of carbonyl (C=O) groups is 1. The van der Waals surface area contributed by atoms with Crippen LogP contribution in [0.2, 0.25) is 0 Å². The second kappa shape index (κ2) is 8.19. The lowest BCUT2D eigenvalue weighted by molar-refractivity contribution is 0.234. The lowest BCUT2D eigenvalue weighted by atomic mass is 10.1. The van der Waals surface area contributed by atoms with Crippen molar-refractivity contribution >= 4 is 17.8 Å². The van der Waals surface area contributed by atoms with Crippen molar-refractivity contribution in [2.45, 2.75) is 38.1 Å². The Bertz CT molecular complexity index is 673. The van der Waals surface area contributed by atoms with E-state index in [1.807, 2.05) is 36.9 Å². The van der Waals surface area contributed by atoms with Gasteiger partial charge in [-0.25, -0.2) is 4.79 Å². The van der Waals surface area contributed by atoms with Crippen LogP contribution in [0.25, 0.3) is 0 Å². The van der Waals surface area contributed by atoms with Crippen LogP contribution < -0.4 is 10.6 Å². The normalized spacial score (nSPS) is 16.5. The molecule has 2 amide bonds. The molecule has 6 nitrogen and oxygen atoms in total. The monoisotopic (exact) mass is 345 g/mol. The highest BCUT2D eigenvalue weighted by Gasteiger charge is 2.25. The second-order valence-corrected chi connectivity index (χ2v) is 7.00. The SMILES string of the molecule is Cc1nnc2n1CCC[C@H]2NC(=O)NCCSCc1ccccc1. The van der Waals surface area contributed by atoms with Crippen molar-refractivity contribution < 1.29 is 4.79 Å². The number of rotatable bonds is 6. The molecule has 0 aliphatic carbocycles. The predicted octanol–water partition coefficient (Wildman–Crippen LogP) is 2.65. The van der Waals surface area contributed by atoms with E-state index in [1.54, 1.807) is 0 Å². The molecular formula is C17H23N5OS. The van der Waals surface area contributed by atoms with E-state index in [0.717, 1.165) is 42.5 Å². The van der Waals surface area contributed by atoms with Gasteiger partial charge in [-0.1, -0.05) is 30.3 Å². The Balaban J connectivity index is 1.37. The van der Waals surface area contributed by atoms with Gasteiger partial charge in [0.2, 0.25) is 0 Å². The molecule has 2 heterocycles. The van der Waals surface area contributed by atoms with Crippen molar-refractivity contribution in [2.75, 3.05) is 12.3 Å². The standard InChI is InChI=1S/C17H23N5OS/c1-13-20-21-16-15(8-5-10-22(13)16)19-17(23)18-9-11-24-12-14-6-3-2-4-7-14/h2-4,6-7,15H,5,8-12H2,1H3,(H2,18,19,23)/t15-/m1/s1. The van der Waals surface area contributed by atoms with Gasteiger partial charge in [-0.3, -0.25) is 0 Å². The van der Waals surface area contributed by atoms with Gasteiger partial charge in [-0.05, 0) is 25.3 Å². The maximum Gasteiger partial charge on any atom is 0.315 e. The molecular weight excluding hydrogens is 322 g/mol. The summed E-state index contributed by atoms with van der Waals surface area (Å²) in [6, 6.07) is 10.2. The van der Waals surface area contributed by atoms with Crippen LogP contribution in [0.3, 0.4) is 0 Å². The fourth-order valence-corrected chi connectivity index (χ4v) is 3.68. The topological polar surface area (TPSA) is 71.8 Å². The Kier molecular flexibility index (Phi) is 5.74. The van der Waals surface area contributed by atoms with E-state index >= 15 is 0 Å². The van der Waals surface area contributed by atoms with E-state index in [-0.39, 0.29) is 12.1 Å². The largest absolute Gasteiger partial charge is 0.337 e.